The van der Waals surface area contributed by atoms with Crippen LogP contribution in [-0.2, 0) is 20.9 Å². The summed E-state index contributed by atoms with van der Waals surface area (Å²) in [5, 5.41) is 11.1. The Morgan fingerprint density at radius 1 is 1.19 bits per heavy atom. The van der Waals surface area contributed by atoms with Crippen LogP contribution in [0.4, 0.5) is 5.69 Å². The quantitative estimate of drug-likeness (QED) is 0.426. The summed E-state index contributed by atoms with van der Waals surface area (Å²) in [7, 11) is 0. The van der Waals surface area contributed by atoms with E-state index in [-0.39, 0.29) is 12.5 Å². The number of hydrogen-bond donors (Lipinski definition) is 0. The first-order valence-electron chi connectivity index (χ1n) is 8.75. The number of nitro groups is 1. The Kier molecular flexibility index (Phi) is 5.49. The van der Waals surface area contributed by atoms with E-state index >= 15 is 0 Å². The summed E-state index contributed by atoms with van der Waals surface area (Å²) < 4.78 is 5.02. The molecule has 140 valence electrons. The standard InChI is InChI=1S/C20H20N2O5/c1-2-27-20(24)16(13-22(25)26)18-15-10-6-7-11-17(15)21(19(18)23)12-14-8-4-3-5-9-14/h3-11,16,18H,2,12-13H2,1H3/t16-,18-/m0/s1. The maximum absolute atomic E-state index is 13.2. The predicted octanol–water partition coefficient (Wildman–Crippen LogP) is 2.77. The van der Waals surface area contributed by atoms with Crippen molar-refractivity contribution in [1.29, 1.82) is 0 Å². The summed E-state index contributed by atoms with van der Waals surface area (Å²) in [5.41, 5.74) is 2.23. The van der Waals surface area contributed by atoms with E-state index in [1.165, 1.54) is 0 Å². The van der Waals surface area contributed by atoms with Gasteiger partial charge in [-0.2, -0.15) is 0 Å². The van der Waals surface area contributed by atoms with Crippen LogP contribution in [0.5, 0.6) is 0 Å². The van der Waals surface area contributed by atoms with Crippen molar-refractivity contribution in [2.45, 2.75) is 19.4 Å². The first-order chi connectivity index (χ1) is 13.0. The molecule has 0 saturated carbocycles. The molecule has 0 aromatic heterocycles. The van der Waals surface area contributed by atoms with Crippen molar-refractivity contribution in [3.8, 4) is 0 Å². The number of carbonyl (C=O) groups excluding carboxylic acids is 2. The van der Waals surface area contributed by atoms with Crippen molar-refractivity contribution >= 4 is 17.6 Å². The van der Waals surface area contributed by atoms with Gasteiger partial charge in [-0.15, -0.1) is 0 Å². The molecule has 0 spiro atoms. The molecular weight excluding hydrogens is 348 g/mol. The largest absolute Gasteiger partial charge is 0.466 e. The van der Waals surface area contributed by atoms with E-state index in [4.69, 9.17) is 4.74 Å². The predicted molar refractivity (Wildman–Crippen MR) is 98.8 cm³/mol. The fraction of sp³-hybridized carbons (Fsp3) is 0.300. The number of amides is 1. The number of rotatable bonds is 7. The Labute approximate surface area is 156 Å². The second-order valence-corrected chi connectivity index (χ2v) is 6.32. The first kappa shape index (κ1) is 18.6. The van der Waals surface area contributed by atoms with Crippen molar-refractivity contribution in [2.75, 3.05) is 18.1 Å². The number of para-hydroxylation sites is 1. The molecule has 1 amide bonds. The molecule has 0 aliphatic carbocycles. The highest BCUT2D eigenvalue weighted by Gasteiger charge is 2.47. The minimum Gasteiger partial charge on any atom is -0.466 e. The van der Waals surface area contributed by atoms with E-state index in [0.29, 0.717) is 17.8 Å². The molecule has 0 fully saturated rings. The van der Waals surface area contributed by atoms with E-state index in [1.807, 2.05) is 30.3 Å². The lowest BCUT2D eigenvalue weighted by molar-refractivity contribution is -0.486. The lowest BCUT2D eigenvalue weighted by Gasteiger charge is -2.20. The van der Waals surface area contributed by atoms with Gasteiger partial charge < -0.3 is 9.64 Å². The van der Waals surface area contributed by atoms with Gasteiger partial charge in [-0.25, -0.2) is 0 Å². The maximum atomic E-state index is 13.2. The monoisotopic (exact) mass is 368 g/mol. The van der Waals surface area contributed by atoms with E-state index < -0.39 is 29.3 Å². The number of nitrogens with zero attached hydrogens (tertiary/aromatic N) is 2. The number of ether oxygens (including phenoxy) is 1. The van der Waals surface area contributed by atoms with Crippen LogP contribution in [0.3, 0.4) is 0 Å². The SMILES string of the molecule is CCOC(=O)[C@@H](C[N+](=O)[O-])[C@H]1C(=O)N(Cc2ccccc2)c2ccccc21. The van der Waals surface area contributed by atoms with Gasteiger partial charge in [0.2, 0.25) is 12.5 Å². The third kappa shape index (κ3) is 3.81. The normalized spacial score (nSPS) is 16.7. The minimum absolute atomic E-state index is 0.101. The van der Waals surface area contributed by atoms with E-state index in [2.05, 4.69) is 0 Å². The van der Waals surface area contributed by atoms with Crippen LogP contribution >= 0.6 is 0 Å². The topological polar surface area (TPSA) is 89.7 Å². The lowest BCUT2D eigenvalue weighted by Crippen LogP contribution is -2.37. The van der Waals surface area contributed by atoms with Gasteiger partial charge in [-0.3, -0.25) is 19.7 Å². The average Bonchev–Trinajstić information content (AvgIpc) is 2.93. The summed E-state index contributed by atoms with van der Waals surface area (Å²) in [5.74, 6) is -3.12. The highest BCUT2D eigenvalue weighted by atomic mass is 16.6. The van der Waals surface area contributed by atoms with Crippen molar-refractivity contribution in [3.63, 3.8) is 0 Å². The van der Waals surface area contributed by atoms with Crippen molar-refractivity contribution in [2.24, 2.45) is 5.92 Å². The molecule has 7 nitrogen and oxygen atoms in total. The summed E-state index contributed by atoms with van der Waals surface area (Å²) >= 11 is 0. The minimum atomic E-state index is -1.16. The van der Waals surface area contributed by atoms with Gasteiger partial charge in [0.15, 0.2) is 0 Å². The molecule has 1 heterocycles. The molecule has 2 aromatic rings. The highest BCUT2D eigenvalue weighted by molar-refractivity contribution is 6.07. The third-order valence-electron chi connectivity index (χ3n) is 4.62. The van der Waals surface area contributed by atoms with E-state index in [0.717, 1.165) is 5.56 Å². The van der Waals surface area contributed by atoms with Gasteiger partial charge in [-0.05, 0) is 24.1 Å². The molecule has 3 rings (SSSR count). The Balaban J connectivity index is 1.99. The van der Waals surface area contributed by atoms with Crippen LogP contribution in [0, 0.1) is 16.0 Å². The Bertz CT molecular complexity index is 852. The van der Waals surface area contributed by atoms with E-state index in [9.17, 15) is 19.7 Å². The molecule has 27 heavy (non-hydrogen) atoms. The molecule has 7 heteroatoms. The number of benzene rings is 2. The van der Waals surface area contributed by atoms with Gasteiger partial charge in [0.1, 0.15) is 5.92 Å². The second kappa shape index (κ2) is 7.99. The van der Waals surface area contributed by atoms with Gasteiger partial charge in [0, 0.05) is 10.6 Å². The number of carbonyl (C=O) groups is 2. The second-order valence-electron chi connectivity index (χ2n) is 6.32. The average molecular weight is 368 g/mol. The van der Waals surface area contributed by atoms with Gasteiger partial charge in [-0.1, -0.05) is 48.5 Å². The molecule has 0 N–H and O–H groups in total. The molecule has 2 aromatic carbocycles. The van der Waals surface area contributed by atoms with Crippen LogP contribution < -0.4 is 4.90 Å². The molecular formula is C20H20N2O5. The summed E-state index contributed by atoms with van der Waals surface area (Å²) in [6.07, 6.45) is 0. The van der Waals surface area contributed by atoms with Crippen LogP contribution in [0.1, 0.15) is 24.0 Å². The molecule has 1 aliphatic heterocycles. The number of fused-ring (bicyclic) bond motifs is 1. The van der Waals surface area contributed by atoms with Crippen LogP contribution in [0.15, 0.2) is 54.6 Å². The van der Waals surface area contributed by atoms with Crippen molar-refractivity contribution < 1.29 is 19.2 Å². The van der Waals surface area contributed by atoms with Crippen LogP contribution in [0.2, 0.25) is 0 Å². The summed E-state index contributed by atoms with van der Waals surface area (Å²) in [4.78, 5) is 37.7. The molecule has 2 atom stereocenters. The molecule has 0 saturated heterocycles. The van der Waals surface area contributed by atoms with Gasteiger partial charge in [0.05, 0.1) is 19.1 Å². The Morgan fingerprint density at radius 2 is 1.85 bits per heavy atom. The van der Waals surface area contributed by atoms with Crippen molar-refractivity contribution in [1.82, 2.24) is 0 Å². The number of hydrogen-bond acceptors (Lipinski definition) is 5. The zero-order chi connectivity index (χ0) is 19.4. The van der Waals surface area contributed by atoms with Gasteiger partial charge >= 0.3 is 5.97 Å². The first-order valence-corrected chi connectivity index (χ1v) is 8.75. The molecule has 0 radical (unpaired) electrons. The Morgan fingerprint density at radius 3 is 2.52 bits per heavy atom. The molecule has 1 aliphatic rings. The Hall–Kier alpha value is -3.22. The molecule has 0 unspecified atom stereocenters. The summed E-state index contributed by atoms with van der Waals surface area (Å²) in [6, 6.07) is 16.6. The fourth-order valence-electron chi connectivity index (χ4n) is 3.46. The van der Waals surface area contributed by atoms with Gasteiger partial charge in [0.25, 0.3) is 0 Å². The third-order valence-corrected chi connectivity index (χ3v) is 4.62. The van der Waals surface area contributed by atoms with Crippen molar-refractivity contribution in [3.05, 3.63) is 75.8 Å². The number of anilines is 1. The maximum Gasteiger partial charge on any atom is 0.316 e. The highest BCUT2D eigenvalue weighted by Crippen LogP contribution is 2.42. The number of esters is 1. The molecule has 0 bridgehead atoms. The van der Waals surface area contributed by atoms with Crippen LogP contribution in [-0.4, -0.2) is 30.0 Å². The fourth-order valence-corrected chi connectivity index (χ4v) is 3.46. The smallest absolute Gasteiger partial charge is 0.316 e. The van der Waals surface area contributed by atoms with Crippen LogP contribution in [0.25, 0.3) is 0 Å². The lowest BCUT2D eigenvalue weighted by atomic mass is 9.87. The van der Waals surface area contributed by atoms with E-state index in [1.54, 1.807) is 36.1 Å². The zero-order valence-electron chi connectivity index (χ0n) is 14.9. The summed E-state index contributed by atoms with van der Waals surface area (Å²) in [6.45, 7) is 1.42. The zero-order valence-corrected chi connectivity index (χ0v) is 14.9.